The molecule has 0 bridgehead atoms. The van der Waals surface area contributed by atoms with Gasteiger partial charge in [-0.25, -0.2) is 4.98 Å². The Bertz CT molecular complexity index is 630. The van der Waals surface area contributed by atoms with Crippen molar-refractivity contribution in [1.82, 2.24) is 4.98 Å². The maximum absolute atomic E-state index is 9.46. The van der Waals surface area contributed by atoms with Gasteiger partial charge in [0.15, 0.2) is 0 Å². The minimum atomic E-state index is -0.00164. The Labute approximate surface area is 126 Å². The minimum absolute atomic E-state index is 0.00164. The van der Waals surface area contributed by atoms with Crippen LogP contribution < -0.4 is 4.90 Å². The first-order chi connectivity index (χ1) is 10.1. The Balaban J connectivity index is 1.97. The predicted molar refractivity (Wildman–Crippen MR) is 87.5 cm³/mol. The zero-order chi connectivity index (χ0) is 14.9. The number of nitrogens with zero attached hydrogens (tertiary/aromatic N) is 2. The highest BCUT2D eigenvalue weighted by Gasteiger charge is 2.29. The number of hydrogen-bond donors (Lipinski definition) is 1. The number of benzene rings is 1. The van der Waals surface area contributed by atoms with Crippen molar-refractivity contribution in [3.8, 4) is 0 Å². The van der Waals surface area contributed by atoms with Gasteiger partial charge in [-0.1, -0.05) is 44.5 Å². The van der Waals surface area contributed by atoms with Crippen molar-refractivity contribution in [2.24, 2.45) is 5.41 Å². The van der Waals surface area contributed by atoms with Gasteiger partial charge in [-0.2, -0.15) is 0 Å². The summed E-state index contributed by atoms with van der Waals surface area (Å²) in [4.78, 5) is 7.08. The Morgan fingerprint density at radius 1 is 1.24 bits per heavy atom. The lowest BCUT2D eigenvalue weighted by Crippen LogP contribution is -2.39. The average Bonchev–Trinajstić information content (AvgIpc) is 2.54. The summed E-state index contributed by atoms with van der Waals surface area (Å²) in [7, 11) is 0. The molecule has 2 heterocycles. The number of aliphatic hydroxyl groups excluding tert-OH is 1. The summed E-state index contributed by atoms with van der Waals surface area (Å²) >= 11 is 0. The van der Waals surface area contributed by atoms with E-state index in [2.05, 4.69) is 36.9 Å². The van der Waals surface area contributed by atoms with Gasteiger partial charge < -0.3 is 10.0 Å². The minimum Gasteiger partial charge on any atom is -0.390 e. The van der Waals surface area contributed by atoms with E-state index in [0.717, 1.165) is 30.0 Å². The lowest BCUT2D eigenvalue weighted by atomic mass is 9.78. The Morgan fingerprint density at radius 3 is 2.62 bits per heavy atom. The Kier molecular flexibility index (Phi) is 3.85. The van der Waals surface area contributed by atoms with Gasteiger partial charge in [0.1, 0.15) is 5.82 Å². The number of piperidine rings is 1. The molecule has 3 nitrogen and oxygen atoms in total. The normalized spacial score (nSPS) is 18.1. The lowest BCUT2D eigenvalue weighted by Gasteiger charge is -2.39. The first-order valence-corrected chi connectivity index (χ1v) is 7.90. The van der Waals surface area contributed by atoms with Crippen molar-refractivity contribution < 1.29 is 5.11 Å². The smallest absolute Gasteiger partial charge is 0.136 e. The van der Waals surface area contributed by atoms with Crippen molar-refractivity contribution in [2.75, 3.05) is 18.0 Å². The van der Waals surface area contributed by atoms with Gasteiger partial charge in [0.2, 0.25) is 0 Å². The fraction of sp³-hybridized carbons (Fsp3) is 0.500. The molecular formula is C18H24N2O. The quantitative estimate of drug-likeness (QED) is 0.932. The highest BCUT2D eigenvalue weighted by molar-refractivity contribution is 5.92. The highest BCUT2D eigenvalue weighted by Crippen LogP contribution is 2.37. The second kappa shape index (κ2) is 5.64. The second-order valence-electron chi connectivity index (χ2n) is 6.47. The van der Waals surface area contributed by atoms with Crippen LogP contribution in [0.3, 0.4) is 0 Å². The maximum Gasteiger partial charge on any atom is 0.136 e. The molecule has 0 atom stereocenters. The van der Waals surface area contributed by atoms with Gasteiger partial charge in [0.25, 0.3) is 0 Å². The van der Waals surface area contributed by atoms with Crippen molar-refractivity contribution >= 4 is 16.6 Å². The van der Waals surface area contributed by atoms with Gasteiger partial charge in [-0.05, 0) is 29.7 Å². The molecule has 0 aliphatic carbocycles. The van der Waals surface area contributed by atoms with Crippen LogP contribution in [0.4, 0.5) is 5.82 Å². The molecule has 0 unspecified atom stereocenters. The summed E-state index contributed by atoms with van der Waals surface area (Å²) in [5.74, 6) is 1.04. The molecule has 1 aliphatic heterocycles. The largest absolute Gasteiger partial charge is 0.390 e. The number of hydrogen-bond acceptors (Lipinski definition) is 3. The first-order valence-electron chi connectivity index (χ1n) is 7.90. The number of aliphatic hydroxyl groups is 1. The van der Waals surface area contributed by atoms with E-state index >= 15 is 0 Å². The van der Waals surface area contributed by atoms with Crippen LogP contribution in [-0.4, -0.2) is 23.2 Å². The van der Waals surface area contributed by atoms with E-state index in [1.165, 1.54) is 24.6 Å². The molecule has 1 aliphatic rings. The van der Waals surface area contributed by atoms with Gasteiger partial charge in [0, 0.05) is 18.5 Å². The monoisotopic (exact) mass is 284 g/mol. The fourth-order valence-corrected chi connectivity index (χ4v) is 3.17. The third-order valence-corrected chi connectivity index (χ3v) is 5.06. The molecule has 0 radical (unpaired) electrons. The van der Waals surface area contributed by atoms with E-state index in [4.69, 9.17) is 4.98 Å². The molecular weight excluding hydrogens is 260 g/mol. The van der Waals surface area contributed by atoms with Crippen molar-refractivity contribution in [3.63, 3.8) is 0 Å². The van der Waals surface area contributed by atoms with Crippen molar-refractivity contribution in [3.05, 3.63) is 36.0 Å². The van der Waals surface area contributed by atoms with E-state index in [9.17, 15) is 5.11 Å². The van der Waals surface area contributed by atoms with Gasteiger partial charge in [-0.3, -0.25) is 0 Å². The standard InChI is InChI=1S/C18H24N2O/c1-3-18(2)8-10-20(11-9-18)17-16-7-5-4-6-14(16)12-15(13-21)19-17/h4-7,12,21H,3,8-11,13H2,1-2H3. The topological polar surface area (TPSA) is 36.4 Å². The van der Waals surface area contributed by atoms with Crippen LogP contribution in [-0.2, 0) is 6.61 Å². The number of aromatic nitrogens is 1. The van der Waals surface area contributed by atoms with E-state index < -0.39 is 0 Å². The second-order valence-corrected chi connectivity index (χ2v) is 6.47. The molecule has 0 saturated carbocycles. The Morgan fingerprint density at radius 2 is 1.95 bits per heavy atom. The number of pyridine rings is 1. The predicted octanol–water partition coefficient (Wildman–Crippen LogP) is 3.74. The van der Waals surface area contributed by atoms with Crippen LogP contribution in [0, 0.1) is 5.41 Å². The molecule has 1 N–H and O–H groups in total. The third-order valence-electron chi connectivity index (χ3n) is 5.06. The van der Waals surface area contributed by atoms with Gasteiger partial charge in [0.05, 0.1) is 12.3 Å². The molecule has 1 saturated heterocycles. The van der Waals surface area contributed by atoms with E-state index in [1.54, 1.807) is 0 Å². The summed E-state index contributed by atoms with van der Waals surface area (Å²) in [6.45, 7) is 6.78. The molecule has 1 fully saturated rings. The molecule has 3 heteroatoms. The zero-order valence-corrected chi connectivity index (χ0v) is 13.0. The summed E-state index contributed by atoms with van der Waals surface area (Å²) in [5.41, 5.74) is 1.23. The van der Waals surface area contributed by atoms with Crippen LogP contribution in [0.5, 0.6) is 0 Å². The molecule has 0 spiro atoms. The van der Waals surface area contributed by atoms with Crippen molar-refractivity contribution in [2.45, 2.75) is 39.7 Å². The zero-order valence-electron chi connectivity index (χ0n) is 13.0. The van der Waals surface area contributed by atoms with Crippen LogP contribution >= 0.6 is 0 Å². The van der Waals surface area contributed by atoms with Crippen LogP contribution in [0.25, 0.3) is 10.8 Å². The van der Waals surface area contributed by atoms with E-state index in [-0.39, 0.29) is 6.61 Å². The summed E-state index contributed by atoms with van der Waals surface area (Å²) in [5, 5.41) is 11.8. The third kappa shape index (κ3) is 2.75. The van der Waals surface area contributed by atoms with Crippen LogP contribution in [0.2, 0.25) is 0 Å². The number of rotatable bonds is 3. The summed E-state index contributed by atoms with van der Waals surface area (Å²) in [6, 6.07) is 10.3. The summed E-state index contributed by atoms with van der Waals surface area (Å²) in [6.07, 6.45) is 3.66. The lowest BCUT2D eigenvalue weighted by molar-refractivity contribution is 0.237. The average molecular weight is 284 g/mol. The maximum atomic E-state index is 9.46. The summed E-state index contributed by atoms with van der Waals surface area (Å²) < 4.78 is 0. The molecule has 1 aromatic heterocycles. The van der Waals surface area contributed by atoms with Crippen molar-refractivity contribution in [1.29, 1.82) is 0 Å². The highest BCUT2D eigenvalue weighted by atomic mass is 16.3. The Hall–Kier alpha value is -1.61. The van der Waals surface area contributed by atoms with Gasteiger partial charge in [-0.15, -0.1) is 0 Å². The SMILES string of the molecule is CCC1(C)CCN(c2nc(CO)cc3ccccc23)CC1. The van der Waals surface area contributed by atoms with Crippen LogP contribution in [0.15, 0.2) is 30.3 Å². The van der Waals surface area contributed by atoms with Crippen LogP contribution in [0.1, 0.15) is 38.8 Å². The van der Waals surface area contributed by atoms with Gasteiger partial charge >= 0.3 is 0 Å². The molecule has 112 valence electrons. The number of fused-ring (bicyclic) bond motifs is 1. The molecule has 21 heavy (non-hydrogen) atoms. The molecule has 2 aromatic rings. The molecule has 1 aromatic carbocycles. The number of anilines is 1. The molecule has 0 amide bonds. The first kappa shape index (κ1) is 14.3. The van der Waals surface area contributed by atoms with E-state index in [0.29, 0.717) is 5.41 Å². The fourth-order valence-electron chi connectivity index (χ4n) is 3.17. The van der Waals surface area contributed by atoms with E-state index in [1.807, 2.05) is 12.1 Å². The molecule has 3 rings (SSSR count).